The summed E-state index contributed by atoms with van der Waals surface area (Å²) in [5, 5.41) is 0. The van der Waals surface area contributed by atoms with Crippen LogP contribution >= 0.6 is 0 Å². The van der Waals surface area contributed by atoms with Gasteiger partial charge < -0.3 is 19.4 Å². The van der Waals surface area contributed by atoms with Crippen LogP contribution in [0.5, 0.6) is 5.75 Å². The monoisotopic (exact) mass is 367 g/mol. The van der Waals surface area contributed by atoms with Gasteiger partial charge in [-0.05, 0) is 31.8 Å². The van der Waals surface area contributed by atoms with Crippen LogP contribution in [0.25, 0.3) is 0 Å². The summed E-state index contributed by atoms with van der Waals surface area (Å²) in [6.07, 6.45) is 0.840. The van der Waals surface area contributed by atoms with E-state index in [1.54, 1.807) is 0 Å². The predicted molar refractivity (Wildman–Crippen MR) is 109 cm³/mol. The average Bonchev–Trinajstić information content (AvgIpc) is 2.86. The molecular weight excluding hydrogens is 338 g/mol. The fraction of sp³-hybridized carbons (Fsp3) is 0.409. The fourth-order valence-corrected chi connectivity index (χ4v) is 3.25. The molecule has 0 aliphatic carbocycles. The van der Waals surface area contributed by atoms with E-state index in [-0.39, 0.29) is 12.0 Å². The zero-order valence-corrected chi connectivity index (χ0v) is 16.5. The van der Waals surface area contributed by atoms with Crippen molar-refractivity contribution >= 4 is 11.6 Å². The summed E-state index contributed by atoms with van der Waals surface area (Å²) in [5.74, 6) is 0.970. The van der Waals surface area contributed by atoms with Crippen molar-refractivity contribution in [3.8, 4) is 5.75 Å². The number of ether oxygens (including phenoxy) is 1. The van der Waals surface area contributed by atoms with Crippen LogP contribution in [0, 0.1) is 0 Å². The number of rotatable bonds is 6. The van der Waals surface area contributed by atoms with Gasteiger partial charge in [0.1, 0.15) is 11.9 Å². The van der Waals surface area contributed by atoms with Crippen molar-refractivity contribution in [2.45, 2.75) is 12.5 Å². The van der Waals surface area contributed by atoms with Gasteiger partial charge in [-0.3, -0.25) is 4.79 Å². The third-order valence-electron chi connectivity index (χ3n) is 4.94. The van der Waals surface area contributed by atoms with E-state index in [4.69, 9.17) is 4.74 Å². The van der Waals surface area contributed by atoms with Crippen molar-refractivity contribution in [3.63, 3.8) is 0 Å². The summed E-state index contributed by atoms with van der Waals surface area (Å²) in [6, 6.07) is 18.3. The van der Waals surface area contributed by atoms with Crippen LogP contribution in [0.4, 0.5) is 5.69 Å². The standard InChI is InChI=1S/C22H29N3O2/c1-23(2)15-16-24(3)22(26)17-25-14-13-20(18-9-5-4-6-10-18)27-21-12-8-7-11-19(21)25/h4-12,20H,13-17H2,1-3H3. The quantitative estimate of drug-likeness (QED) is 0.786. The number of para-hydroxylation sites is 2. The Balaban J connectivity index is 1.74. The average molecular weight is 367 g/mol. The number of benzene rings is 2. The Labute approximate surface area is 162 Å². The third-order valence-corrected chi connectivity index (χ3v) is 4.94. The zero-order valence-electron chi connectivity index (χ0n) is 16.5. The molecule has 0 aromatic heterocycles. The van der Waals surface area contributed by atoms with Crippen LogP contribution in [-0.4, -0.2) is 63.0 Å². The van der Waals surface area contributed by atoms with Gasteiger partial charge in [-0.1, -0.05) is 42.5 Å². The van der Waals surface area contributed by atoms with E-state index in [0.29, 0.717) is 6.54 Å². The lowest BCUT2D eigenvalue weighted by Crippen LogP contribution is -2.41. The number of carbonyl (C=O) groups is 1. The maximum atomic E-state index is 12.7. The molecule has 1 atom stereocenters. The molecule has 1 unspecified atom stereocenters. The summed E-state index contributed by atoms with van der Waals surface area (Å²) in [7, 11) is 5.91. The number of carbonyl (C=O) groups excluding carboxylic acids is 1. The molecule has 2 aromatic rings. The smallest absolute Gasteiger partial charge is 0.241 e. The normalized spacial score (nSPS) is 16.4. The Morgan fingerprint density at radius 2 is 1.74 bits per heavy atom. The molecule has 0 fully saturated rings. The largest absolute Gasteiger partial charge is 0.483 e. The van der Waals surface area contributed by atoms with Crippen LogP contribution in [-0.2, 0) is 4.79 Å². The Morgan fingerprint density at radius 1 is 1.04 bits per heavy atom. The molecular formula is C22H29N3O2. The molecule has 5 heteroatoms. The maximum absolute atomic E-state index is 12.7. The Morgan fingerprint density at radius 3 is 2.48 bits per heavy atom. The second kappa shape index (κ2) is 8.91. The summed E-state index contributed by atoms with van der Waals surface area (Å²) in [6.45, 7) is 2.73. The minimum atomic E-state index is -0.000998. The number of amides is 1. The molecule has 0 N–H and O–H groups in total. The van der Waals surface area contributed by atoms with Crippen molar-refractivity contribution in [3.05, 3.63) is 60.2 Å². The van der Waals surface area contributed by atoms with Crippen molar-refractivity contribution < 1.29 is 9.53 Å². The van der Waals surface area contributed by atoms with E-state index in [2.05, 4.69) is 21.9 Å². The summed E-state index contributed by atoms with van der Waals surface area (Å²) >= 11 is 0. The highest BCUT2D eigenvalue weighted by atomic mass is 16.5. The maximum Gasteiger partial charge on any atom is 0.241 e. The number of anilines is 1. The number of hydrogen-bond donors (Lipinski definition) is 0. The number of likely N-dealkylation sites (N-methyl/N-ethyl adjacent to an activating group) is 2. The van der Waals surface area contributed by atoms with Gasteiger partial charge >= 0.3 is 0 Å². The van der Waals surface area contributed by atoms with Crippen LogP contribution in [0.1, 0.15) is 18.1 Å². The van der Waals surface area contributed by atoms with E-state index in [1.165, 1.54) is 5.56 Å². The third kappa shape index (κ3) is 5.01. The second-order valence-electron chi connectivity index (χ2n) is 7.31. The molecule has 0 radical (unpaired) electrons. The van der Waals surface area contributed by atoms with Crippen LogP contribution in [0.3, 0.4) is 0 Å². The molecule has 0 spiro atoms. The molecule has 0 bridgehead atoms. The van der Waals surface area contributed by atoms with Crippen molar-refractivity contribution in [1.82, 2.24) is 9.80 Å². The summed E-state index contributed by atoms with van der Waals surface area (Å²) in [5.41, 5.74) is 2.16. The molecule has 3 rings (SSSR count). The second-order valence-corrected chi connectivity index (χ2v) is 7.31. The van der Waals surface area contributed by atoms with E-state index < -0.39 is 0 Å². The van der Waals surface area contributed by atoms with Gasteiger partial charge in [0.15, 0.2) is 0 Å². The predicted octanol–water partition coefficient (Wildman–Crippen LogP) is 3.04. The van der Waals surface area contributed by atoms with Crippen LogP contribution in [0.15, 0.2) is 54.6 Å². The summed E-state index contributed by atoms with van der Waals surface area (Å²) < 4.78 is 6.32. The molecule has 2 aromatic carbocycles. The first kappa shape index (κ1) is 19.2. The van der Waals surface area contributed by atoms with E-state index in [1.807, 2.05) is 68.5 Å². The highest BCUT2D eigenvalue weighted by molar-refractivity contribution is 5.82. The van der Waals surface area contributed by atoms with Crippen LogP contribution < -0.4 is 9.64 Å². The molecule has 144 valence electrons. The Kier molecular flexibility index (Phi) is 6.35. The van der Waals surface area contributed by atoms with Crippen molar-refractivity contribution in [2.24, 2.45) is 0 Å². The van der Waals surface area contributed by atoms with Crippen molar-refractivity contribution in [1.29, 1.82) is 0 Å². The van der Waals surface area contributed by atoms with Crippen molar-refractivity contribution in [2.75, 3.05) is 52.2 Å². The minimum Gasteiger partial charge on any atom is -0.483 e. The van der Waals surface area contributed by atoms with Gasteiger partial charge in [-0.2, -0.15) is 0 Å². The zero-order chi connectivity index (χ0) is 19.2. The molecule has 1 heterocycles. The molecule has 27 heavy (non-hydrogen) atoms. The first-order valence-electron chi connectivity index (χ1n) is 9.49. The highest BCUT2D eigenvalue weighted by Gasteiger charge is 2.25. The lowest BCUT2D eigenvalue weighted by Gasteiger charge is -2.26. The van der Waals surface area contributed by atoms with Gasteiger partial charge in [0.25, 0.3) is 0 Å². The molecule has 0 saturated heterocycles. The van der Waals surface area contributed by atoms with Gasteiger partial charge in [-0.15, -0.1) is 0 Å². The SMILES string of the molecule is CN(C)CCN(C)C(=O)CN1CCC(c2ccccc2)Oc2ccccc21. The topological polar surface area (TPSA) is 36.0 Å². The number of nitrogens with zero attached hydrogens (tertiary/aromatic N) is 3. The minimum absolute atomic E-state index is 0.000998. The first-order chi connectivity index (χ1) is 13.0. The lowest BCUT2D eigenvalue weighted by molar-refractivity contribution is -0.128. The van der Waals surface area contributed by atoms with E-state index in [0.717, 1.165) is 37.5 Å². The summed E-state index contributed by atoms with van der Waals surface area (Å²) in [4.78, 5) is 18.8. The van der Waals surface area contributed by atoms with Crippen LogP contribution in [0.2, 0.25) is 0 Å². The van der Waals surface area contributed by atoms with Gasteiger partial charge in [0.2, 0.25) is 5.91 Å². The Bertz CT molecular complexity index is 748. The number of hydrogen-bond acceptors (Lipinski definition) is 4. The Hall–Kier alpha value is -2.53. The molecule has 1 aliphatic heterocycles. The first-order valence-corrected chi connectivity index (χ1v) is 9.49. The molecule has 0 saturated carbocycles. The number of fused-ring (bicyclic) bond motifs is 1. The molecule has 1 amide bonds. The lowest BCUT2D eigenvalue weighted by atomic mass is 10.1. The molecule has 5 nitrogen and oxygen atoms in total. The molecule has 1 aliphatic rings. The highest BCUT2D eigenvalue weighted by Crippen LogP contribution is 2.36. The van der Waals surface area contributed by atoms with Gasteiger partial charge in [0.05, 0.1) is 12.2 Å². The fourth-order valence-electron chi connectivity index (χ4n) is 3.25. The van der Waals surface area contributed by atoms with Gasteiger partial charge in [0, 0.05) is 33.1 Å². The van der Waals surface area contributed by atoms with Gasteiger partial charge in [-0.25, -0.2) is 0 Å². The van der Waals surface area contributed by atoms with E-state index in [9.17, 15) is 4.79 Å². The van der Waals surface area contributed by atoms with E-state index >= 15 is 0 Å².